The van der Waals surface area contributed by atoms with Gasteiger partial charge in [-0.25, -0.2) is 8.78 Å². The van der Waals surface area contributed by atoms with Gasteiger partial charge in [0, 0.05) is 41.2 Å². The summed E-state index contributed by atoms with van der Waals surface area (Å²) in [5, 5.41) is 0.447. The van der Waals surface area contributed by atoms with Crippen molar-refractivity contribution in [3.63, 3.8) is 0 Å². The highest BCUT2D eigenvalue weighted by Gasteiger charge is 2.35. The average Bonchev–Trinajstić information content (AvgIpc) is 2.88. The second-order valence-corrected chi connectivity index (χ2v) is 8.19. The summed E-state index contributed by atoms with van der Waals surface area (Å²) in [5.41, 5.74) is 8.09. The quantitative estimate of drug-likeness (QED) is 0.737. The number of rotatable bonds is 3. The van der Waals surface area contributed by atoms with Gasteiger partial charge in [-0.15, -0.1) is 0 Å². The molecule has 0 spiro atoms. The molecule has 1 aliphatic rings. The summed E-state index contributed by atoms with van der Waals surface area (Å²) in [6, 6.07) is 9.08. The molecule has 0 saturated carbocycles. The number of fused-ring (bicyclic) bond motifs is 3. The van der Waals surface area contributed by atoms with Crippen LogP contribution in [0.2, 0.25) is 0 Å². The normalized spacial score (nSPS) is 15.6. The number of carbonyl (C=O) groups is 2. The summed E-state index contributed by atoms with van der Waals surface area (Å²) in [6.45, 7) is 4.40. The summed E-state index contributed by atoms with van der Waals surface area (Å²) in [5.74, 6) is -2.47. The number of halogens is 2. The number of nitrogens with two attached hydrogens (primary N) is 1. The van der Waals surface area contributed by atoms with Crippen molar-refractivity contribution >= 4 is 22.6 Å². The second-order valence-electron chi connectivity index (χ2n) is 8.19. The molecule has 0 radical (unpaired) electrons. The van der Waals surface area contributed by atoms with Crippen molar-refractivity contribution in [3.05, 3.63) is 70.4 Å². The molecular weight excluding hydrogens is 362 g/mol. The Morgan fingerprint density at radius 2 is 1.75 bits per heavy atom. The third-order valence-electron chi connectivity index (χ3n) is 5.36. The van der Waals surface area contributed by atoms with Gasteiger partial charge in [0.1, 0.15) is 0 Å². The Hall–Kier alpha value is -3.02. The van der Waals surface area contributed by atoms with E-state index >= 15 is 0 Å². The highest BCUT2D eigenvalue weighted by Crippen LogP contribution is 2.40. The minimum Gasteiger partial charge on any atom is -0.366 e. The van der Waals surface area contributed by atoms with Gasteiger partial charge in [-0.3, -0.25) is 9.59 Å². The first-order chi connectivity index (χ1) is 13.2. The third kappa shape index (κ3) is 2.99. The average molecular weight is 382 g/mol. The molecule has 0 atom stereocenters. The summed E-state index contributed by atoms with van der Waals surface area (Å²) < 4.78 is 29.8. The Morgan fingerprint density at radius 1 is 1.11 bits per heavy atom. The molecule has 3 aromatic rings. The Morgan fingerprint density at radius 3 is 2.39 bits per heavy atom. The topological polar surface area (TPSA) is 65.1 Å². The van der Waals surface area contributed by atoms with E-state index in [2.05, 4.69) is 0 Å². The van der Waals surface area contributed by atoms with Crippen molar-refractivity contribution in [3.8, 4) is 0 Å². The number of primary amides is 1. The second kappa shape index (κ2) is 6.26. The van der Waals surface area contributed by atoms with Crippen LogP contribution in [0.15, 0.2) is 36.4 Å². The Balaban J connectivity index is 1.90. The van der Waals surface area contributed by atoms with Crippen molar-refractivity contribution in [1.82, 2.24) is 4.57 Å². The SMILES string of the molecule is CC1(C)CC(=O)c2c(n(Cc3ccc(C(N)=O)cc3)c3cc(F)c(F)cc23)C1. The number of amides is 1. The fraction of sp³-hybridized carbons (Fsp3) is 0.273. The molecule has 1 amide bonds. The minimum absolute atomic E-state index is 0.0508. The maximum absolute atomic E-state index is 14.0. The lowest BCUT2D eigenvalue weighted by molar-refractivity contribution is 0.0911. The lowest BCUT2D eigenvalue weighted by Crippen LogP contribution is -2.28. The zero-order valence-corrected chi connectivity index (χ0v) is 15.7. The van der Waals surface area contributed by atoms with E-state index in [1.165, 1.54) is 0 Å². The molecule has 1 aromatic heterocycles. The first kappa shape index (κ1) is 18.3. The van der Waals surface area contributed by atoms with Crippen LogP contribution in [0.5, 0.6) is 0 Å². The van der Waals surface area contributed by atoms with Gasteiger partial charge in [-0.05, 0) is 35.6 Å². The molecule has 6 heteroatoms. The number of hydrogen-bond acceptors (Lipinski definition) is 2. The maximum Gasteiger partial charge on any atom is 0.248 e. The zero-order valence-electron chi connectivity index (χ0n) is 15.7. The van der Waals surface area contributed by atoms with Gasteiger partial charge < -0.3 is 10.3 Å². The first-order valence-corrected chi connectivity index (χ1v) is 9.08. The smallest absolute Gasteiger partial charge is 0.248 e. The summed E-state index contributed by atoms with van der Waals surface area (Å²) >= 11 is 0. The fourth-order valence-corrected chi connectivity index (χ4v) is 4.07. The van der Waals surface area contributed by atoms with E-state index in [1.54, 1.807) is 24.3 Å². The van der Waals surface area contributed by atoms with Crippen LogP contribution in [-0.4, -0.2) is 16.3 Å². The van der Waals surface area contributed by atoms with Crippen LogP contribution >= 0.6 is 0 Å². The Kier molecular flexibility index (Phi) is 4.10. The largest absolute Gasteiger partial charge is 0.366 e. The molecule has 0 saturated heterocycles. The van der Waals surface area contributed by atoms with E-state index in [0.717, 1.165) is 23.4 Å². The van der Waals surface area contributed by atoms with Gasteiger partial charge in [0.25, 0.3) is 0 Å². The van der Waals surface area contributed by atoms with Crippen LogP contribution in [0.4, 0.5) is 8.78 Å². The first-order valence-electron chi connectivity index (χ1n) is 9.08. The van der Waals surface area contributed by atoms with E-state index < -0.39 is 17.5 Å². The maximum atomic E-state index is 14.0. The molecule has 144 valence electrons. The van der Waals surface area contributed by atoms with Crippen LogP contribution in [0, 0.1) is 17.0 Å². The molecule has 0 unspecified atom stereocenters. The lowest BCUT2D eigenvalue weighted by atomic mass is 9.75. The van der Waals surface area contributed by atoms with Gasteiger partial charge in [0.05, 0.1) is 5.52 Å². The van der Waals surface area contributed by atoms with Crippen molar-refractivity contribution in [2.75, 3.05) is 0 Å². The van der Waals surface area contributed by atoms with Crippen LogP contribution in [0.1, 0.15) is 52.2 Å². The van der Waals surface area contributed by atoms with Gasteiger partial charge in [-0.1, -0.05) is 26.0 Å². The standard InChI is InChI=1S/C22H20F2N2O2/c1-22(2)9-18-20(19(27)10-22)14-7-15(23)16(24)8-17(14)26(18)11-12-3-5-13(6-4-12)21(25)28/h3-8H,9-11H2,1-2H3,(H2,25,28). The molecule has 1 aliphatic carbocycles. The third-order valence-corrected chi connectivity index (χ3v) is 5.36. The zero-order chi connectivity index (χ0) is 20.2. The summed E-state index contributed by atoms with van der Waals surface area (Å²) in [6.07, 6.45) is 0.997. The van der Waals surface area contributed by atoms with E-state index in [1.807, 2.05) is 18.4 Å². The van der Waals surface area contributed by atoms with Gasteiger partial charge in [0.2, 0.25) is 5.91 Å². The van der Waals surface area contributed by atoms with Crippen LogP contribution in [-0.2, 0) is 13.0 Å². The number of Topliss-reactive ketones (excluding diaryl/α,β-unsaturated/α-hetero) is 1. The fourth-order valence-electron chi connectivity index (χ4n) is 4.07. The van der Waals surface area contributed by atoms with E-state index in [4.69, 9.17) is 5.73 Å². The molecular formula is C22H20F2N2O2. The number of nitrogens with zero attached hydrogens (tertiary/aromatic N) is 1. The van der Waals surface area contributed by atoms with Crippen LogP contribution in [0.25, 0.3) is 10.9 Å². The molecule has 0 bridgehead atoms. The van der Waals surface area contributed by atoms with Crippen LogP contribution in [0.3, 0.4) is 0 Å². The van der Waals surface area contributed by atoms with Gasteiger partial charge in [0.15, 0.2) is 17.4 Å². The van der Waals surface area contributed by atoms with Gasteiger partial charge in [-0.2, -0.15) is 0 Å². The molecule has 4 nitrogen and oxygen atoms in total. The molecule has 28 heavy (non-hydrogen) atoms. The highest BCUT2D eigenvalue weighted by atomic mass is 19.2. The number of hydrogen-bond donors (Lipinski definition) is 1. The van der Waals surface area contributed by atoms with E-state index in [-0.39, 0.29) is 11.2 Å². The number of ketones is 1. The van der Waals surface area contributed by atoms with Crippen molar-refractivity contribution in [2.45, 2.75) is 33.2 Å². The molecule has 1 heterocycles. The monoisotopic (exact) mass is 382 g/mol. The van der Waals surface area contributed by atoms with E-state index in [0.29, 0.717) is 41.4 Å². The van der Waals surface area contributed by atoms with Gasteiger partial charge >= 0.3 is 0 Å². The number of benzene rings is 2. The number of carbonyl (C=O) groups excluding carboxylic acids is 2. The van der Waals surface area contributed by atoms with Crippen molar-refractivity contribution < 1.29 is 18.4 Å². The highest BCUT2D eigenvalue weighted by molar-refractivity contribution is 6.10. The molecule has 4 rings (SSSR count). The molecule has 2 aromatic carbocycles. The molecule has 2 N–H and O–H groups in total. The van der Waals surface area contributed by atoms with Crippen molar-refractivity contribution in [2.24, 2.45) is 11.1 Å². The predicted octanol–water partition coefficient (Wildman–Crippen LogP) is 4.22. The molecule has 0 aliphatic heterocycles. The van der Waals surface area contributed by atoms with Crippen LogP contribution < -0.4 is 5.73 Å². The predicted molar refractivity (Wildman–Crippen MR) is 102 cm³/mol. The summed E-state index contributed by atoms with van der Waals surface area (Å²) in [4.78, 5) is 24.1. The Bertz CT molecular complexity index is 1130. The Labute approximate surface area is 160 Å². The minimum atomic E-state index is -0.962. The van der Waals surface area contributed by atoms with Crippen molar-refractivity contribution in [1.29, 1.82) is 0 Å². The lowest BCUT2D eigenvalue weighted by Gasteiger charge is -2.30. The van der Waals surface area contributed by atoms with E-state index in [9.17, 15) is 18.4 Å². The number of aromatic nitrogens is 1. The summed E-state index contributed by atoms with van der Waals surface area (Å²) in [7, 11) is 0. The molecule has 0 fully saturated rings.